The summed E-state index contributed by atoms with van der Waals surface area (Å²) in [5.41, 5.74) is 0.839. The molecule has 0 unspecified atom stereocenters. The molecule has 0 aliphatic carbocycles. The first-order chi connectivity index (χ1) is 7.59. The van der Waals surface area contributed by atoms with Gasteiger partial charge in [0.25, 0.3) is 0 Å². The quantitative estimate of drug-likeness (QED) is 0.775. The highest BCUT2D eigenvalue weighted by atomic mass is 35.5. The fourth-order valence-electron chi connectivity index (χ4n) is 1.22. The number of hydrogen-bond donors (Lipinski definition) is 2. The normalized spacial score (nSPS) is 10.2. The van der Waals surface area contributed by atoms with Crippen molar-refractivity contribution in [2.75, 3.05) is 13.1 Å². The predicted octanol–water partition coefficient (Wildman–Crippen LogP) is 1.70. The summed E-state index contributed by atoms with van der Waals surface area (Å²) in [7, 11) is 0. The third kappa shape index (κ3) is 4.59. The second kappa shape index (κ2) is 6.45. The van der Waals surface area contributed by atoms with Gasteiger partial charge in [-0.25, -0.2) is 4.39 Å². The van der Waals surface area contributed by atoms with Crippen LogP contribution in [0.3, 0.4) is 0 Å². The fraction of sp³-hybridized carbons (Fsp3) is 0.364. The van der Waals surface area contributed by atoms with Crippen molar-refractivity contribution in [3.05, 3.63) is 34.6 Å². The maximum atomic E-state index is 12.7. The molecule has 0 fully saturated rings. The molecule has 0 aliphatic heterocycles. The van der Waals surface area contributed by atoms with Crippen LogP contribution >= 0.6 is 11.6 Å². The smallest absolute Gasteiger partial charge is 0.216 e. The summed E-state index contributed by atoms with van der Waals surface area (Å²) in [6.45, 7) is 3.23. The van der Waals surface area contributed by atoms with E-state index in [9.17, 15) is 9.18 Å². The number of carbonyl (C=O) groups is 1. The van der Waals surface area contributed by atoms with E-state index in [1.807, 2.05) is 0 Å². The van der Waals surface area contributed by atoms with E-state index in [0.29, 0.717) is 24.7 Å². The molecule has 5 heteroatoms. The van der Waals surface area contributed by atoms with Crippen molar-refractivity contribution in [2.45, 2.75) is 13.5 Å². The Labute approximate surface area is 99.0 Å². The van der Waals surface area contributed by atoms with Crippen molar-refractivity contribution >= 4 is 17.5 Å². The summed E-state index contributed by atoms with van der Waals surface area (Å²) in [6, 6.07) is 4.30. The number of rotatable bonds is 5. The van der Waals surface area contributed by atoms with Crippen LogP contribution in [0.2, 0.25) is 5.02 Å². The highest BCUT2D eigenvalue weighted by Gasteiger charge is 2.01. The molecule has 88 valence electrons. The third-order valence-electron chi connectivity index (χ3n) is 2.01. The molecule has 0 spiro atoms. The molecular weight excluding hydrogens is 231 g/mol. The third-order valence-corrected chi connectivity index (χ3v) is 2.36. The van der Waals surface area contributed by atoms with Crippen LogP contribution in [0.25, 0.3) is 0 Å². The number of hydrogen-bond acceptors (Lipinski definition) is 2. The second-order valence-corrected chi connectivity index (χ2v) is 3.80. The van der Waals surface area contributed by atoms with E-state index >= 15 is 0 Å². The molecule has 0 aliphatic rings. The average molecular weight is 245 g/mol. The van der Waals surface area contributed by atoms with E-state index in [1.165, 1.54) is 19.1 Å². The minimum absolute atomic E-state index is 0.0541. The standard InChI is InChI=1S/C11H14ClFN2O/c1-8(16)15-5-4-14-7-9-2-3-10(13)6-11(9)12/h2-3,6,14H,4-5,7H2,1H3,(H,15,16). The van der Waals surface area contributed by atoms with E-state index in [4.69, 9.17) is 11.6 Å². The Hall–Kier alpha value is -1.13. The lowest BCUT2D eigenvalue weighted by Crippen LogP contribution is -2.29. The Morgan fingerprint density at radius 3 is 2.81 bits per heavy atom. The fourth-order valence-corrected chi connectivity index (χ4v) is 1.45. The molecule has 0 atom stereocenters. The van der Waals surface area contributed by atoms with Crippen molar-refractivity contribution in [3.8, 4) is 0 Å². The predicted molar refractivity (Wildman–Crippen MR) is 61.8 cm³/mol. The van der Waals surface area contributed by atoms with Crippen LogP contribution in [0, 0.1) is 5.82 Å². The first-order valence-corrected chi connectivity index (χ1v) is 5.36. The lowest BCUT2D eigenvalue weighted by atomic mass is 10.2. The van der Waals surface area contributed by atoms with Gasteiger partial charge in [-0.2, -0.15) is 0 Å². The van der Waals surface area contributed by atoms with E-state index in [0.717, 1.165) is 5.56 Å². The molecule has 0 bridgehead atoms. The van der Waals surface area contributed by atoms with Gasteiger partial charge in [-0.3, -0.25) is 4.79 Å². The van der Waals surface area contributed by atoms with Crippen molar-refractivity contribution in [1.82, 2.24) is 10.6 Å². The van der Waals surface area contributed by atoms with Gasteiger partial charge < -0.3 is 10.6 Å². The summed E-state index contributed by atoms with van der Waals surface area (Å²) < 4.78 is 12.7. The number of benzene rings is 1. The highest BCUT2D eigenvalue weighted by Crippen LogP contribution is 2.16. The zero-order valence-electron chi connectivity index (χ0n) is 9.02. The van der Waals surface area contributed by atoms with Crippen LogP contribution in [0.15, 0.2) is 18.2 Å². The molecular formula is C11H14ClFN2O. The number of carbonyl (C=O) groups excluding carboxylic acids is 1. The molecule has 0 heterocycles. The van der Waals surface area contributed by atoms with Gasteiger partial charge in [-0.1, -0.05) is 17.7 Å². The largest absolute Gasteiger partial charge is 0.355 e. The molecule has 16 heavy (non-hydrogen) atoms. The van der Waals surface area contributed by atoms with Gasteiger partial charge in [0.05, 0.1) is 0 Å². The molecule has 0 saturated heterocycles. The first kappa shape index (κ1) is 12.9. The zero-order valence-corrected chi connectivity index (χ0v) is 9.77. The Morgan fingerprint density at radius 2 is 2.19 bits per heavy atom. The summed E-state index contributed by atoms with van der Waals surface area (Å²) in [5.74, 6) is -0.395. The summed E-state index contributed by atoms with van der Waals surface area (Å²) in [4.78, 5) is 10.6. The first-order valence-electron chi connectivity index (χ1n) is 4.98. The molecule has 1 aromatic carbocycles. The van der Waals surface area contributed by atoms with Gasteiger partial charge in [-0.05, 0) is 17.7 Å². The maximum absolute atomic E-state index is 12.7. The highest BCUT2D eigenvalue weighted by molar-refractivity contribution is 6.31. The Kier molecular flexibility index (Phi) is 5.22. The zero-order chi connectivity index (χ0) is 12.0. The van der Waals surface area contributed by atoms with Crippen LogP contribution < -0.4 is 10.6 Å². The SMILES string of the molecule is CC(=O)NCCNCc1ccc(F)cc1Cl. The van der Waals surface area contributed by atoms with Crippen molar-refractivity contribution in [2.24, 2.45) is 0 Å². The Bertz CT molecular complexity index is 371. The van der Waals surface area contributed by atoms with Gasteiger partial charge in [0.1, 0.15) is 5.82 Å². The summed E-state index contributed by atoms with van der Waals surface area (Å²) in [5, 5.41) is 6.17. The molecule has 1 aromatic rings. The Morgan fingerprint density at radius 1 is 1.44 bits per heavy atom. The average Bonchev–Trinajstić information content (AvgIpc) is 2.20. The topological polar surface area (TPSA) is 41.1 Å². The lowest BCUT2D eigenvalue weighted by molar-refractivity contribution is -0.118. The van der Waals surface area contributed by atoms with Gasteiger partial charge in [0, 0.05) is 31.6 Å². The van der Waals surface area contributed by atoms with Crippen LogP contribution in [0.1, 0.15) is 12.5 Å². The number of nitrogens with one attached hydrogen (secondary N) is 2. The van der Waals surface area contributed by atoms with Gasteiger partial charge in [0.15, 0.2) is 0 Å². The van der Waals surface area contributed by atoms with Crippen molar-refractivity contribution < 1.29 is 9.18 Å². The molecule has 3 nitrogen and oxygen atoms in total. The van der Waals surface area contributed by atoms with Crippen LogP contribution in [0.5, 0.6) is 0 Å². The van der Waals surface area contributed by atoms with Crippen LogP contribution in [-0.2, 0) is 11.3 Å². The monoisotopic (exact) mass is 244 g/mol. The number of halogens is 2. The van der Waals surface area contributed by atoms with E-state index < -0.39 is 0 Å². The van der Waals surface area contributed by atoms with E-state index in [-0.39, 0.29) is 11.7 Å². The van der Waals surface area contributed by atoms with Crippen molar-refractivity contribution in [1.29, 1.82) is 0 Å². The Balaban J connectivity index is 2.29. The molecule has 0 aromatic heterocycles. The van der Waals surface area contributed by atoms with Crippen LogP contribution in [-0.4, -0.2) is 19.0 Å². The van der Waals surface area contributed by atoms with Gasteiger partial charge in [0.2, 0.25) is 5.91 Å². The summed E-state index contributed by atoms with van der Waals surface area (Å²) in [6.07, 6.45) is 0. The molecule has 0 radical (unpaired) electrons. The molecule has 2 N–H and O–H groups in total. The summed E-state index contributed by atoms with van der Waals surface area (Å²) >= 11 is 5.84. The molecule has 0 saturated carbocycles. The van der Waals surface area contributed by atoms with Gasteiger partial charge in [-0.15, -0.1) is 0 Å². The van der Waals surface area contributed by atoms with Crippen LogP contribution in [0.4, 0.5) is 4.39 Å². The second-order valence-electron chi connectivity index (χ2n) is 3.40. The molecule has 1 amide bonds. The maximum Gasteiger partial charge on any atom is 0.216 e. The van der Waals surface area contributed by atoms with Gasteiger partial charge >= 0.3 is 0 Å². The minimum Gasteiger partial charge on any atom is -0.355 e. The lowest BCUT2D eigenvalue weighted by Gasteiger charge is -2.07. The number of amides is 1. The minimum atomic E-state index is -0.341. The van der Waals surface area contributed by atoms with E-state index in [2.05, 4.69) is 10.6 Å². The van der Waals surface area contributed by atoms with Crippen molar-refractivity contribution in [3.63, 3.8) is 0 Å². The van der Waals surface area contributed by atoms with E-state index in [1.54, 1.807) is 6.07 Å². The molecule has 1 rings (SSSR count).